The average Bonchev–Trinajstić information content (AvgIpc) is 2.74. The first-order valence-corrected chi connectivity index (χ1v) is 5.73. The highest BCUT2D eigenvalue weighted by Gasteiger charge is 1.96. The number of rotatable bonds is 4. The zero-order chi connectivity index (χ0) is 10.5. The summed E-state index contributed by atoms with van der Waals surface area (Å²) in [6.45, 7) is 3.61. The second kappa shape index (κ2) is 5.00. The number of nitrogens with one attached hydrogen (secondary N) is 1. The predicted molar refractivity (Wildman–Crippen MR) is 61.6 cm³/mol. The van der Waals surface area contributed by atoms with Crippen LogP contribution >= 0.6 is 11.3 Å². The predicted octanol–water partition coefficient (Wildman–Crippen LogP) is 2.14. The van der Waals surface area contributed by atoms with Gasteiger partial charge in [-0.1, -0.05) is 6.07 Å². The van der Waals surface area contributed by atoms with Gasteiger partial charge in [-0.3, -0.25) is 9.97 Å². The van der Waals surface area contributed by atoms with Crippen LogP contribution in [-0.4, -0.2) is 9.97 Å². The molecule has 0 aliphatic heterocycles. The summed E-state index contributed by atoms with van der Waals surface area (Å²) in [7, 11) is 0. The molecule has 3 nitrogen and oxygen atoms in total. The van der Waals surface area contributed by atoms with E-state index in [0.717, 1.165) is 24.5 Å². The van der Waals surface area contributed by atoms with Crippen molar-refractivity contribution in [2.45, 2.75) is 20.0 Å². The van der Waals surface area contributed by atoms with Gasteiger partial charge in [-0.2, -0.15) is 0 Å². The highest BCUT2D eigenvalue weighted by molar-refractivity contribution is 7.09. The van der Waals surface area contributed by atoms with Crippen LogP contribution in [0.3, 0.4) is 0 Å². The van der Waals surface area contributed by atoms with Gasteiger partial charge in [0.05, 0.1) is 11.4 Å². The molecule has 0 unspecified atom stereocenters. The maximum atomic E-state index is 4.28. The molecule has 0 spiro atoms. The molecule has 0 aromatic carbocycles. The van der Waals surface area contributed by atoms with Crippen LogP contribution in [0.15, 0.2) is 29.9 Å². The number of thiophene rings is 1. The second-order valence-corrected chi connectivity index (χ2v) is 4.36. The minimum atomic E-state index is 0.769. The number of hydrogen-bond acceptors (Lipinski definition) is 4. The van der Waals surface area contributed by atoms with E-state index >= 15 is 0 Å². The SMILES string of the molecule is Cc1cnc(CNCc2cccs2)cn1. The van der Waals surface area contributed by atoms with Crippen LogP contribution in [0, 0.1) is 6.92 Å². The van der Waals surface area contributed by atoms with Gasteiger partial charge in [0.15, 0.2) is 0 Å². The van der Waals surface area contributed by atoms with Crippen LogP contribution in [-0.2, 0) is 13.1 Å². The molecule has 2 heterocycles. The Hall–Kier alpha value is -1.26. The summed E-state index contributed by atoms with van der Waals surface area (Å²) < 4.78 is 0. The molecule has 4 heteroatoms. The Balaban J connectivity index is 1.81. The molecule has 0 fully saturated rings. The molecule has 0 amide bonds. The Kier molecular flexibility index (Phi) is 3.42. The summed E-state index contributed by atoms with van der Waals surface area (Å²) in [5, 5.41) is 5.42. The van der Waals surface area contributed by atoms with E-state index in [4.69, 9.17) is 0 Å². The third kappa shape index (κ3) is 3.11. The summed E-state index contributed by atoms with van der Waals surface area (Å²) in [5.41, 5.74) is 1.94. The maximum Gasteiger partial charge on any atom is 0.0724 e. The molecular weight excluding hydrogens is 206 g/mol. The lowest BCUT2D eigenvalue weighted by Gasteiger charge is -2.02. The lowest BCUT2D eigenvalue weighted by molar-refractivity contribution is 0.682. The fraction of sp³-hybridized carbons (Fsp3) is 0.273. The van der Waals surface area contributed by atoms with Gasteiger partial charge < -0.3 is 5.32 Å². The highest BCUT2D eigenvalue weighted by Crippen LogP contribution is 2.07. The number of hydrogen-bond donors (Lipinski definition) is 1. The van der Waals surface area contributed by atoms with E-state index in [1.807, 2.05) is 13.1 Å². The minimum Gasteiger partial charge on any atom is -0.306 e. The molecule has 15 heavy (non-hydrogen) atoms. The zero-order valence-electron chi connectivity index (χ0n) is 8.60. The monoisotopic (exact) mass is 219 g/mol. The van der Waals surface area contributed by atoms with Gasteiger partial charge in [0.2, 0.25) is 0 Å². The van der Waals surface area contributed by atoms with E-state index < -0.39 is 0 Å². The van der Waals surface area contributed by atoms with Crippen LogP contribution in [0.1, 0.15) is 16.3 Å². The molecule has 2 rings (SSSR count). The molecule has 0 saturated heterocycles. The van der Waals surface area contributed by atoms with Gasteiger partial charge in [-0.15, -0.1) is 11.3 Å². The molecule has 0 saturated carbocycles. The third-order valence-corrected chi connectivity index (χ3v) is 2.90. The van der Waals surface area contributed by atoms with Crippen molar-refractivity contribution in [1.29, 1.82) is 0 Å². The van der Waals surface area contributed by atoms with Crippen molar-refractivity contribution in [1.82, 2.24) is 15.3 Å². The van der Waals surface area contributed by atoms with Crippen molar-refractivity contribution in [2.24, 2.45) is 0 Å². The lowest BCUT2D eigenvalue weighted by atomic mass is 10.4. The molecule has 78 valence electrons. The van der Waals surface area contributed by atoms with Crippen LogP contribution in [0.5, 0.6) is 0 Å². The summed E-state index contributed by atoms with van der Waals surface area (Å²) in [6.07, 6.45) is 3.61. The average molecular weight is 219 g/mol. The molecule has 0 bridgehead atoms. The summed E-state index contributed by atoms with van der Waals surface area (Å²) in [4.78, 5) is 9.81. The molecular formula is C11H13N3S. The fourth-order valence-corrected chi connectivity index (χ4v) is 1.91. The minimum absolute atomic E-state index is 0.769. The summed E-state index contributed by atoms with van der Waals surface area (Å²) >= 11 is 1.76. The quantitative estimate of drug-likeness (QED) is 0.856. The largest absolute Gasteiger partial charge is 0.306 e. The van der Waals surface area contributed by atoms with Crippen LogP contribution in [0.4, 0.5) is 0 Å². The molecule has 1 N–H and O–H groups in total. The summed E-state index contributed by atoms with van der Waals surface area (Å²) in [6, 6.07) is 4.19. The smallest absolute Gasteiger partial charge is 0.0724 e. The van der Waals surface area contributed by atoms with Crippen LogP contribution in [0.2, 0.25) is 0 Å². The van der Waals surface area contributed by atoms with Crippen molar-refractivity contribution < 1.29 is 0 Å². The van der Waals surface area contributed by atoms with Crippen molar-refractivity contribution >= 4 is 11.3 Å². The zero-order valence-corrected chi connectivity index (χ0v) is 9.42. The van der Waals surface area contributed by atoms with Crippen molar-refractivity contribution in [3.63, 3.8) is 0 Å². The molecule has 0 aliphatic carbocycles. The Morgan fingerprint density at radius 1 is 1.27 bits per heavy atom. The first-order chi connectivity index (χ1) is 7.34. The van der Waals surface area contributed by atoms with Crippen molar-refractivity contribution in [3.8, 4) is 0 Å². The Morgan fingerprint density at radius 2 is 2.20 bits per heavy atom. The first-order valence-electron chi connectivity index (χ1n) is 4.85. The highest BCUT2D eigenvalue weighted by atomic mass is 32.1. The van der Waals surface area contributed by atoms with Gasteiger partial charge in [0.25, 0.3) is 0 Å². The molecule has 0 aliphatic rings. The van der Waals surface area contributed by atoms with Gasteiger partial charge in [-0.05, 0) is 18.4 Å². The van der Waals surface area contributed by atoms with E-state index in [2.05, 4.69) is 32.8 Å². The normalized spacial score (nSPS) is 10.5. The van der Waals surface area contributed by atoms with Gasteiger partial charge in [0.1, 0.15) is 0 Å². The number of aryl methyl sites for hydroxylation is 1. The van der Waals surface area contributed by atoms with Crippen LogP contribution < -0.4 is 5.32 Å². The second-order valence-electron chi connectivity index (χ2n) is 3.33. The lowest BCUT2D eigenvalue weighted by Crippen LogP contribution is -2.13. The van der Waals surface area contributed by atoms with E-state index in [1.54, 1.807) is 17.5 Å². The molecule has 2 aromatic heterocycles. The number of aromatic nitrogens is 2. The summed E-state index contributed by atoms with van der Waals surface area (Å²) in [5.74, 6) is 0. The van der Waals surface area contributed by atoms with E-state index in [1.165, 1.54) is 4.88 Å². The van der Waals surface area contributed by atoms with E-state index in [-0.39, 0.29) is 0 Å². The van der Waals surface area contributed by atoms with Crippen LogP contribution in [0.25, 0.3) is 0 Å². The van der Waals surface area contributed by atoms with Gasteiger partial charge in [-0.25, -0.2) is 0 Å². The molecule has 2 aromatic rings. The Morgan fingerprint density at radius 3 is 2.87 bits per heavy atom. The topological polar surface area (TPSA) is 37.8 Å². The fourth-order valence-electron chi connectivity index (χ4n) is 1.24. The van der Waals surface area contributed by atoms with Gasteiger partial charge >= 0.3 is 0 Å². The maximum absolute atomic E-state index is 4.28. The third-order valence-electron chi connectivity index (χ3n) is 2.02. The first kappa shape index (κ1) is 10.3. The Bertz CT molecular complexity index is 394. The molecule has 0 atom stereocenters. The standard InChI is InChI=1S/C11H13N3S/c1-9-5-14-10(7-13-9)6-12-8-11-3-2-4-15-11/h2-5,7,12H,6,8H2,1H3. The van der Waals surface area contributed by atoms with E-state index in [0.29, 0.717) is 0 Å². The van der Waals surface area contributed by atoms with Gasteiger partial charge in [0, 0.05) is 30.4 Å². The molecule has 0 radical (unpaired) electrons. The van der Waals surface area contributed by atoms with Crippen molar-refractivity contribution in [2.75, 3.05) is 0 Å². The Labute approximate surface area is 93.2 Å². The number of nitrogens with zero attached hydrogens (tertiary/aromatic N) is 2. The van der Waals surface area contributed by atoms with Crippen molar-refractivity contribution in [3.05, 3.63) is 46.2 Å². The van der Waals surface area contributed by atoms with E-state index in [9.17, 15) is 0 Å².